The number of rotatable bonds is 5. The van der Waals surface area contributed by atoms with E-state index in [2.05, 4.69) is 15.6 Å². The van der Waals surface area contributed by atoms with Gasteiger partial charge in [0.25, 0.3) is 5.91 Å². The Morgan fingerprint density at radius 3 is 2.54 bits per heavy atom. The SMILES string of the molecule is CC(C)=CC(=O)Nc1sc(Nc2ccc3ccccc3c2)nc1C(N)=O. The number of fused-ring (bicyclic) bond motifs is 1. The van der Waals surface area contributed by atoms with Crippen LogP contribution in [0.4, 0.5) is 15.8 Å². The third-order valence-electron chi connectivity index (χ3n) is 3.52. The van der Waals surface area contributed by atoms with Crippen LogP contribution in [0, 0.1) is 0 Å². The molecule has 1 aromatic heterocycles. The first-order valence-electron chi connectivity index (χ1n) is 7.95. The zero-order valence-electron chi connectivity index (χ0n) is 14.4. The second kappa shape index (κ2) is 7.37. The molecule has 26 heavy (non-hydrogen) atoms. The molecule has 132 valence electrons. The molecule has 4 N–H and O–H groups in total. The zero-order chi connectivity index (χ0) is 18.7. The van der Waals surface area contributed by atoms with Crippen molar-refractivity contribution in [1.82, 2.24) is 4.98 Å². The van der Waals surface area contributed by atoms with Crippen LogP contribution < -0.4 is 16.4 Å². The van der Waals surface area contributed by atoms with Gasteiger partial charge in [0.15, 0.2) is 10.8 Å². The first-order chi connectivity index (χ1) is 12.4. The van der Waals surface area contributed by atoms with Crippen LogP contribution in [0.25, 0.3) is 10.8 Å². The molecule has 3 rings (SSSR count). The van der Waals surface area contributed by atoms with E-state index in [9.17, 15) is 9.59 Å². The Labute approximate surface area is 154 Å². The molecule has 0 fully saturated rings. The molecule has 0 saturated carbocycles. The van der Waals surface area contributed by atoms with Gasteiger partial charge in [-0.3, -0.25) is 9.59 Å². The van der Waals surface area contributed by atoms with Crippen molar-refractivity contribution in [1.29, 1.82) is 0 Å². The molecule has 2 amide bonds. The van der Waals surface area contributed by atoms with Crippen LogP contribution in [-0.4, -0.2) is 16.8 Å². The first-order valence-corrected chi connectivity index (χ1v) is 8.76. The molecular formula is C19H18N4O2S. The molecule has 0 unspecified atom stereocenters. The van der Waals surface area contributed by atoms with Crippen molar-refractivity contribution < 1.29 is 9.59 Å². The van der Waals surface area contributed by atoms with Gasteiger partial charge in [0.05, 0.1) is 0 Å². The lowest BCUT2D eigenvalue weighted by Crippen LogP contribution is -2.16. The highest BCUT2D eigenvalue weighted by Gasteiger charge is 2.17. The second-order valence-corrected chi connectivity index (χ2v) is 6.96. The van der Waals surface area contributed by atoms with E-state index in [0.29, 0.717) is 10.1 Å². The standard InChI is InChI=1S/C19H18N4O2S/c1-11(2)9-15(24)22-18-16(17(20)25)23-19(26-18)21-14-8-7-12-5-3-4-6-13(12)10-14/h3-10H,1-2H3,(H2,20,25)(H,21,23)(H,22,24). The molecule has 0 bridgehead atoms. The van der Waals surface area contributed by atoms with E-state index in [-0.39, 0.29) is 11.6 Å². The summed E-state index contributed by atoms with van der Waals surface area (Å²) >= 11 is 1.16. The molecule has 6 nitrogen and oxygen atoms in total. The van der Waals surface area contributed by atoms with Crippen molar-refractivity contribution in [3.63, 3.8) is 0 Å². The summed E-state index contributed by atoms with van der Waals surface area (Å²) in [7, 11) is 0. The van der Waals surface area contributed by atoms with Crippen LogP contribution in [0.2, 0.25) is 0 Å². The number of hydrogen-bond acceptors (Lipinski definition) is 5. The third-order valence-corrected chi connectivity index (χ3v) is 4.40. The molecular weight excluding hydrogens is 348 g/mol. The maximum Gasteiger partial charge on any atom is 0.270 e. The van der Waals surface area contributed by atoms with Gasteiger partial charge in [-0.05, 0) is 36.8 Å². The van der Waals surface area contributed by atoms with E-state index in [1.54, 1.807) is 0 Å². The largest absolute Gasteiger partial charge is 0.364 e. The maximum atomic E-state index is 11.9. The van der Waals surface area contributed by atoms with Gasteiger partial charge in [0, 0.05) is 11.8 Å². The van der Waals surface area contributed by atoms with E-state index in [0.717, 1.165) is 33.4 Å². The lowest BCUT2D eigenvalue weighted by atomic mass is 10.1. The number of nitrogens with one attached hydrogen (secondary N) is 2. The molecule has 1 heterocycles. The highest BCUT2D eigenvalue weighted by atomic mass is 32.1. The van der Waals surface area contributed by atoms with Gasteiger partial charge in [0.2, 0.25) is 5.91 Å². The number of carbonyl (C=O) groups is 2. The van der Waals surface area contributed by atoms with E-state index >= 15 is 0 Å². The van der Waals surface area contributed by atoms with E-state index in [1.165, 1.54) is 6.08 Å². The fourth-order valence-corrected chi connectivity index (χ4v) is 3.32. The quantitative estimate of drug-likeness (QED) is 0.594. The minimum atomic E-state index is -0.694. The molecule has 0 atom stereocenters. The summed E-state index contributed by atoms with van der Waals surface area (Å²) < 4.78 is 0. The zero-order valence-corrected chi connectivity index (χ0v) is 15.2. The second-order valence-electron chi connectivity index (χ2n) is 5.96. The number of thiazole rings is 1. The summed E-state index contributed by atoms with van der Waals surface area (Å²) in [6.45, 7) is 3.63. The number of primary amides is 1. The van der Waals surface area contributed by atoms with E-state index < -0.39 is 5.91 Å². The normalized spacial score (nSPS) is 10.4. The van der Waals surface area contributed by atoms with Gasteiger partial charge in [-0.1, -0.05) is 47.2 Å². The van der Waals surface area contributed by atoms with Gasteiger partial charge in [-0.15, -0.1) is 0 Å². The van der Waals surface area contributed by atoms with Crippen molar-refractivity contribution in [2.24, 2.45) is 5.73 Å². The van der Waals surface area contributed by atoms with Crippen LogP contribution in [-0.2, 0) is 4.79 Å². The number of anilines is 3. The summed E-state index contributed by atoms with van der Waals surface area (Å²) in [6.07, 6.45) is 1.45. The molecule has 0 radical (unpaired) electrons. The maximum absolute atomic E-state index is 11.9. The Kier molecular flexibility index (Phi) is 4.99. The lowest BCUT2D eigenvalue weighted by Gasteiger charge is -2.04. The Bertz CT molecular complexity index is 1020. The minimum Gasteiger partial charge on any atom is -0.364 e. The average Bonchev–Trinajstić information content (AvgIpc) is 2.96. The number of carbonyl (C=O) groups excluding carboxylic acids is 2. The van der Waals surface area contributed by atoms with Crippen molar-refractivity contribution in [2.45, 2.75) is 13.8 Å². The van der Waals surface area contributed by atoms with Crippen LogP contribution in [0.5, 0.6) is 0 Å². The van der Waals surface area contributed by atoms with Crippen molar-refractivity contribution >= 4 is 49.7 Å². The number of allylic oxidation sites excluding steroid dienone is 1. The van der Waals surface area contributed by atoms with E-state index in [4.69, 9.17) is 5.73 Å². The van der Waals surface area contributed by atoms with Gasteiger partial charge in [0.1, 0.15) is 5.00 Å². The molecule has 3 aromatic rings. The molecule has 0 aliphatic rings. The van der Waals surface area contributed by atoms with Crippen molar-refractivity contribution in [3.05, 3.63) is 59.8 Å². The van der Waals surface area contributed by atoms with Gasteiger partial charge < -0.3 is 16.4 Å². The summed E-state index contributed by atoms with van der Waals surface area (Å²) in [5.74, 6) is -1.02. The molecule has 0 aliphatic heterocycles. The number of aromatic nitrogens is 1. The number of amides is 2. The van der Waals surface area contributed by atoms with Crippen LogP contribution in [0.3, 0.4) is 0 Å². The summed E-state index contributed by atoms with van der Waals surface area (Å²) in [5, 5.41) is 8.83. The van der Waals surface area contributed by atoms with Gasteiger partial charge >= 0.3 is 0 Å². The minimum absolute atomic E-state index is 0.0359. The van der Waals surface area contributed by atoms with Crippen LogP contribution >= 0.6 is 11.3 Å². The Morgan fingerprint density at radius 1 is 1.12 bits per heavy atom. The lowest BCUT2D eigenvalue weighted by molar-refractivity contribution is -0.111. The Morgan fingerprint density at radius 2 is 1.85 bits per heavy atom. The summed E-state index contributed by atoms with van der Waals surface area (Å²) in [5.41, 5.74) is 7.10. The van der Waals surface area contributed by atoms with Crippen LogP contribution in [0.1, 0.15) is 24.3 Å². The fourth-order valence-electron chi connectivity index (χ4n) is 2.43. The Balaban J connectivity index is 1.87. The Hall–Kier alpha value is -3.19. The topological polar surface area (TPSA) is 97.1 Å². The summed E-state index contributed by atoms with van der Waals surface area (Å²) in [6, 6.07) is 13.9. The predicted molar refractivity (Wildman–Crippen MR) is 106 cm³/mol. The molecule has 0 spiro atoms. The third kappa shape index (κ3) is 4.07. The highest BCUT2D eigenvalue weighted by molar-refractivity contribution is 7.20. The van der Waals surface area contributed by atoms with Gasteiger partial charge in [-0.25, -0.2) is 4.98 Å². The molecule has 2 aromatic carbocycles. The van der Waals surface area contributed by atoms with Crippen LogP contribution in [0.15, 0.2) is 54.1 Å². The average molecular weight is 366 g/mol. The van der Waals surface area contributed by atoms with Crippen molar-refractivity contribution in [2.75, 3.05) is 10.6 Å². The van der Waals surface area contributed by atoms with Gasteiger partial charge in [-0.2, -0.15) is 0 Å². The number of nitrogens with two attached hydrogens (primary N) is 1. The first kappa shape index (κ1) is 17.6. The monoisotopic (exact) mass is 366 g/mol. The molecule has 7 heteroatoms. The fraction of sp³-hybridized carbons (Fsp3) is 0.105. The number of nitrogens with zero attached hydrogens (tertiary/aromatic N) is 1. The molecule has 0 saturated heterocycles. The smallest absolute Gasteiger partial charge is 0.270 e. The predicted octanol–water partition coefficient (Wildman–Crippen LogP) is 4.04. The summed E-state index contributed by atoms with van der Waals surface area (Å²) in [4.78, 5) is 27.8. The molecule has 0 aliphatic carbocycles. The number of benzene rings is 2. The highest BCUT2D eigenvalue weighted by Crippen LogP contribution is 2.31. The van der Waals surface area contributed by atoms with E-state index in [1.807, 2.05) is 56.3 Å². The van der Waals surface area contributed by atoms with Crippen molar-refractivity contribution in [3.8, 4) is 0 Å². The number of hydrogen-bond donors (Lipinski definition) is 3.